The second-order valence-electron chi connectivity index (χ2n) is 3.14. The number of aromatic nitrogens is 2. The number of aliphatic hydroxyl groups excluding tert-OH is 1. The highest BCUT2D eigenvalue weighted by Gasteiger charge is 2.08. The van der Waals surface area contributed by atoms with E-state index in [4.69, 9.17) is 5.11 Å². The zero-order chi connectivity index (χ0) is 9.68. The van der Waals surface area contributed by atoms with Gasteiger partial charge in [0, 0.05) is 31.2 Å². The topological polar surface area (TPSA) is 49.2 Å². The molecule has 4 nitrogen and oxygen atoms in total. The molecular formula is C9H15N3O. The lowest BCUT2D eigenvalue weighted by Gasteiger charge is -2.21. The third-order valence-corrected chi connectivity index (χ3v) is 2.04. The molecule has 0 saturated carbocycles. The molecule has 0 fully saturated rings. The van der Waals surface area contributed by atoms with Gasteiger partial charge in [-0.25, -0.2) is 0 Å². The van der Waals surface area contributed by atoms with Crippen LogP contribution >= 0.6 is 0 Å². The van der Waals surface area contributed by atoms with Crippen molar-refractivity contribution in [2.75, 3.05) is 13.7 Å². The number of likely N-dealkylation sites (N-methyl/N-ethyl adjacent to an activating group) is 1. The minimum atomic E-state index is 0.155. The summed E-state index contributed by atoms with van der Waals surface area (Å²) in [4.78, 5) is 10.2. The Morgan fingerprint density at radius 1 is 1.54 bits per heavy atom. The maximum Gasteiger partial charge on any atom is 0.0726 e. The summed E-state index contributed by atoms with van der Waals surface area (Å²) < 4.78 is 0. The first-order valence-electron chi connectivity index (χ1n) is 4.30. The van der Waals surface area contributed by atoms with E-state index in [-0.39, 0.29) is 12.6 Å². The molecule has 4 heteroatoms. The second-order valence-corrected chi connectivity index (χ2v) is 3.14. The Labute approximate surface area is 78.2 Å². The Hall–Kier alpha value is -1.00. The number of rotatable bonds is 4. The lowest BCUT2D eigenvalue weighted by molar-refractivity contribution is 0.152. The van der Waals surface area contributed by atoms with E-state index in [1.54, 1.807) is 18.6 Å². The molecule has 1 unspecified atom stereocenters. The highest BCUT2D eigenvalue weighted by Crippen LogP contribution is 2.00. The highest BCUT2D eigenvalue weighted by molar-refractivity contribution is 4.94. The maximum absolute atomic E-state index is 8.91. The first-order valence-corrected chi connectivity index (χ1v) is 4.30. The van der Waals surface area contributed by atoms with E-state index >= 15 is 0 Å². The summed E-state index contributed by atoms with van der Waals surface area (Å²) in [6, 6.07) is 0.155. The minimum Gasteiger partial charge on any atom is -0.395 e. The summed E-state index contributed by atoms with van der Waals surface area (Å²) in [6.07, 6.45) is 5.06. The van der Waals surface area contributed by atoms with E-state index in [1.807, 2.05) is 18.9 Å². The van der Waals surface area contributed by atoms with Crippen molar-refractivity contribution in [3.63, 3.8) is 0 Å². The molecule has 0 aliphatic heterocycles. The van der Waals surface area contributed by atoms with Gasteiger partial charge in [-0.05, 0) is 14.0 Å². The van der Waals surface area contributed by atoms with Crippen LogP contribution in [-0.4, -0.2) is 39.7 Å². The van der Waals surface area contributed by atoms with E-state index in [0.29, 0.717) is 0 Å². The fraction of sp³-hybridized carbons (Fsp3) is 0.556. The van der Waals surface area contributed by atoms with E-state index < -0.39 is 0 Å². The lowest BCUT2D eigenvalue weighted by atomic mass is 10.3. The van der Waals surface area contributed by atoms with Crippen LogP contribution in [0.3, 0.4) is 0 Å². The zero-order valence-electron chi connectivity index (χ0n) is 8.01. The molecule has 0 bridgehead atoms. The van der Waals surface area contributed by atoms with E-state index in [9.17, 15) is 0 Å². The van der Waals surface area contributed by atoms with Crippen LogP contribution in [-0.2, 0) is 6.54 Å². The van der Waals surface area contributed by atoms with Crippen molar-refractivity contribution >= 4 is 0 Å². The molecule has 72 valence electrons. The van der Waals surface area contributed by atoms with Crippen LogP contribution in [0.15, 0.2) is 18.6 Å². The van der Waals surface area contributed by atoms with E-state index in [0.717, 1.165) is 12.2 Å². The van der Waals surface area contributed by atoms with Gasteiger partial charge in [-0.2, -0.15) is 0 Å². The number of hydrogen-bond donors (Lipinski definition) is 1. The first kappa shape index (κ1) is 10.1. The van der Waals surface area contributed by atoms with Gasteiger partial charge in [-0.15, -0.1) is 0 Å². The van der Waals surface area contributed by atoms with Crippen LogP contribution < -0.4 is 0 Å². The molecule has 0 radical (unpaired) electrons. The Morgan fingerprint density at radius 3 is 2.85 bits per heavy atom. The SMILES string of the molecule is CC(CO)N(C)Cc1cnccn1. The standard InChI is InChI=1S/C9H15N3O/c1-8(7-13)12(2)6-9-5-10-3-4-11-9/h3-5,8,13H,6-7H2,1-2H3. The number of aliphatic hydroxyl groups is 1. The number of nitrogens with zero attached hydrogens (tertiary/aromatic N) is 3. The summed E-state index contributed by atoms with van der Waals surface area (Å²) in [5.74, 6) is 0. The molecule has 1 aromatic rings. The molecule has 0 aliphatic carbocycles. The van der Waals surface area contributed by atoms with Gasteiger partial charge in [-0.3, -0.25) is 14.9 Å². The molecule has 0 amide bonds. The van der Waals surface area contributed by atoms with E-state index in [1.165, 1.54) is 0 Å². The Morgan fingerprint density at radius 2 is 2.31 bits per heavy atom. The quantitative estimate of drug-likeness (QED) is 0.725. The summed E-state index contributed by atoms with van der Waals surface area (Å²) in [5, 5.41) is 8.91. The predicted molar refractivity (Wildman–Crippen MR) is 50.0 cm³/mol. The van der Waals surface area contributed by atoms with Crippen LogP contribution in [0.1, 0.15) is 12.6 Å². The van der Waals surface area contributed by atoms with Crippen molar-refractivity contribution in [3.05, 3.63) is 24.3 Å². The van der Waals surface area contributed by atoms with Gasteiger partial charge in [0.15, 0.2) is 0 Å². The normalized spacial score (nSPS) is 13.2. The van der Waals surface area contributed by atoms with E-state index in [2.05, 4.69) is 9.97 Å². The van der Waals surface area contributed by atoms with Gasteiger partial charge >= 0.3 is 0 Å². The fourth-order valence-electron chi connectivity index (χ4n) is 0.962. The Kier molecular flexibility index (Phi) is 3.79. The molecule has 1 atom stereocenters. The zero-order valence-corrected chi connectivity index (χ0v) is 8.01. The smallest absolute Gasteiger partial charge is 0.0726 e. The van der Waals surface area contributed by atoms with Crippen molar-refractivity contribution in [1.29, 1.82) is 0 Å². The Balaban J connectivity index is 2.50. The van der Waals surface area contributed by atoms with Gasteiger partial charge < -0.3 is 5.11 Å². The molecule has 0 aromatic carbocycles. The molecule has 1 rings (SSSR count). The predicted octanol–water partition coefficient (Wildman–Crippen LogP) is 0.289. The highest BCUT2D eigenvalue weighted by atomic mass is 16.3. The van der Waals surface area contributed by atoms with Gasteiger partial charge in [-0.1, -0.05) is 0 Å². The summed E-state index contributed by atoms with van der Waals surface area (Å²) in [6.45, 7) is 2.85. The van der Waals surface area contributed by atoms with Crippen LogP contribution in [0.4, 0.5) is 0 Å². The summed E-state index contributed by atoms with van der Waals surface area (Å²) >= 11 is 0. The molecule has 0 aliphatic rings. The van der Waals surface area contributed by atoms with Gasteiger partial charge in [0.25, 0.3) is 0 Å². The summed E-state index contributed by atoms with van der Waals surface area (Å²) in [5.41, 5.74) is 0.922. The van der Waals surface area contributed by atoms with Crippen LogP contribution in [0, 0.1) is 0 Å². The fourth-order valence-corrected chi connectivity index (χ4v) is 0.962. The van der Waals surface area contributed by atoms with Gasteiger partial charge in [0.2, 0.25) is 0 Å². The number of hydrogen-bond acceptors (Lipinski definition) is 4. The third kappa shape index (κ3) is 3.08. The second kappa shape index (κ2) is 4.89. The minimum absolute atomic E-state index is 0.155. The van der Waals surface area contributed by atoms with Crippen molar-refractivity contribution in [3.8, 4) is 0 Å². The van der Waals surface area contributed by atoms with Crippen molar-refractivity contribution < 1.29 is 5.11 Å². The van der Waals surface area contributed by atoms with Crippen molar-refractivity contribution in [1.82, 2.24) is 14.9 Å². The molecule has 13 heavy (non-hydrogen) atoms. The van der Waals surface area contributed by atoms with Crippen LogP contribution in [0.5, 0.6) is 0 Å². The molecular weight excluding hydrogens is 166 g/mol. The maximum atomic E-state index is 8.91. The average Bonchev–Trinajstić information content (AvgIpc) is 2.18. The van der Waals surface area contributed by atoms with Crippen molar-refractivity contribution in [2.24, 2.45) is 0 Å². The largest absolute Gasteiger partial charge is 0.395 e. The molecule has 1 N–H and O–H groups in total. The van der Waals surface area contributed by atoms with Crippen LogP contribution in [0.25, 0.3) is 0 Å². The van der Waals surface area contributed by atoms with Crippen LogP contribution in [0.2, 0.25) is 0 Å². The molecule has 0 spiro atoms. The van der Waals surface area contributed by atoms with Crippen molar-refractivity contribution in [2.45, 2.75) is 19.5 Å². The molecule has 1 aromatic heterocycles. The molecule has 0 saturated heterocycles. The lowest BCUT2D eigenvalue weighted by Crippen LogP contribution is -2.31. The first-order chi connectivity index (χ1) is 6.24. The average molecular weight is 181 g/mol. The van der Waals surface area contributed by atoms with Gasteiger partial charge in [0.1, 0.15) is 0 Å². The Bertz CT molecular complexity index is 240. The molecule has 1 heterocycles. The van der Waals surface area contributed by atoms with Gasteiger partial charge in [0.05, 0.1) is 12.3 Å². The summed E-state index contributed by atoms with van der Waals surface area (Å²) in [7, 11) is 1.95. The third-order valence-electron chi connectivity index (χ3n) is 2.04. The monoisotopic (exact) mass is 181 g/mol.